The van der Waals surface area contributed by atoms with Crippen molar-refractivity contribution in [1.29, 1.82) is 0 Å². The van der Waals surface area contributed by atoms with E-state index in [-0.39, 0.29) is 22.0 Å². The Bertz CT molecular complexity index is 1200. The summed E-state index contributed by atoms with van der Waals surface area (Å²) in [6.45, 7) is 1.51. The molecule has 3 rings (SSSR count). The number of methoxy groups -OCH3 is 1. The molecule has 0 amide bonds. The molecule has 3 aromatic rings. The number of aromatic nitrogens is 1. The lowest BCUT2D eigenvalue weighted by Gasteiger charge is -2.10. The summed E-state index contributed by atoms with van der Waals surface area (Å²) in [4.78, 5) is 27.9. The zero-order valence-corrected chi connectivity index (χ0v) is 16.7. The van der Waals surface area contributed by atoms with Gasteiger partial charge < -0.3 is 14.5 Å². The Morgan fingerprint density at radius 3 is 2.55 bits per heavy atom. The molecule has 0 spiro atoms. The van der Waals surface area contributed by atoms with Gasteiger partial charge in [-0.15, -0.1) is 0 Å². The standard InChI is InChI=1S/C20H20N2O6S/c1-3-12-5-4-6-14-16(10-22-19(12)14)17(23)11-28-20(24)15-9-13(29(21,25)26)7-8-18(15)27-2/h4-10,22H,3,11H2,1-2H3,(H2,21,25,26). The number of hydrogen-bond donors (Lipinski definition) is 2. The van der Waals surface area contributed by atoms with Gasteiger partial charge in [0, 0.05) is 22.7 Å². The molecule has 0 aliphatic heterocycles. The molecule has 0 saturated carbocycles. The Morgan fingerprint density at radius 1 is 1.14 bits per heavy atom. The first-order chi connectivity index (χ1) is 13.8. The molecule has 29 heavy (non-hydrogen) atoms. The van der Waals surface area contributed by atoms with Crippen molar-refractivity contribution in [3.05, 3.63) is 59.3 Å². The van der Waals surface area contributed by atoms with Crippen LogP contribution in [0.4, 0.5) is 0 Å². The summed E-state index contributed by atoms with van der Waals surface area (Å²) in [6.07, 6.45) is 2.39. The molecule has 0 aliphatic rings. The van der Waals surface area contributed by atoms with Crippen molar-refractivity contribution < 1.29 is 27.5 Å². The third-order valence-electron chi connectivity index (χ3n) is 4.54. The van der Waals surface area contributed by atoms with Gasteiger partial charge in [-0.2, -0.15) is 0 Å². The Hall–Kier alpha value is -3.17. The average molecular weight is 416 g/mol. The summed E-state index contributed by atoms with van der Waals surface area (Å²) < 4.78 is 33.2. The topological polar surface area (TPSA) is 129 Å². The molecule has 152 valence electrons. The van der Waals surface area contributed by atoms with Crippen molar-refractivity contribution >= 4 is 32.7 Å². The van der Waals surface area contributed by atoms with E-state index in [1.807, 2.05) is 25.1 Å². The molecule has 9 heteroatoms. The summed E-state index contributed by atoms with van der Waals surface area (Å²) >= 11 is 0. The van der Waals surface area contributed by atoms with Crippen LogP contribution in [0.1, 0.15) is 33.2 Å². The van der Waals surface area contributed by atoms with E-state index >= 15 is 0 Å². The fourth-order valence-corrected chi connectivity index (χ4v) is 3.59. The number of carbonyl (C=O) groups is 2. The highest BCUT2D eigenvalue weighted by Gasteiger charge is 2.21. The third kappa shape index (κ3) is 4.15. The molecule has 0 bridgehead atoms. The molecule has 2 aromatic carbocycles. The molecule has 0 fully saturated rings. The highest BCUT2D eigenvalue weighted by molar-refractivity contribution is 7.89. The Kier molecular flexibility index (Phi) is 5.71. The molecule has 0 radical (unpaired) electrons. The highest BCUT2D eigenvalue weighted by atomic mass is 32.2. The fraction of sp³-hybridized carbons (Fsp3) is 0.200. The summed E-state index contributed by atoms with van der Waals surface area (Å²) in [5, 5.41) is 5.85. The van der Waals surface area contributed by atoms with Crippen LogP contribution in [-0.4, -0.2) is 38.9 Å². The molecule has 8 nitrogen and oxygen atoms in total. The van der Waals surface area contributed by atoms with E-state index in [1.165, 1.54) is 19.2 Å². The minimum atomic E-state index is -4.02. The lowest BCUT2D eigenvalue weighted by Crippen LogP contribution is -2.17. The number of ketones is 1. The molecule has 0 aliphatic carbocycles. The maximum atomic E-state index is 12.6. The van der Waals surface area contributed by atoms with Crippen LogP contribution >= 0.6 is 0 Å². The predicted molar refractivity (Wildman–Crippen MR) is 107 cm³/mol. The minimum absolute atomic E-state index is 0.106. The second-order valence-corrected chi connectivity index (χ2v) is 7.86. The minimum Gasteiger partial charge on any atom is -0.496 e. The van der Waals surface area contributed by atoms with E-state index in [0.717, 1.165) is 29.0 Å². The fourth-order valence-electron chi connectivity index (χ4n) is 3.05. The van der Waals surface area contributed by atoms with E-state index in [2.05, 4.69) is 4.98 Å². The number of fused-ring (bicyclic) bond motifs is 1. The molecule has 0 atom stereocenters. The predicted octanol–water partition coefficient (Wildman–Crippen LogP) is 2.43. The van der Waals surface area contributed by atoms with E-state index in [4.69, 9.17) is 14.6 Å². The number of hydrogen-bond acceptors (Lipinski definition) is 6. The van der Waals surface area contributed by atoms with Gasteiger partial charge in [0.05, 0.1) is 12.0 Å². The zero-order valence-electron chi connectivity index (χ0n) is 15.9. The monoisotopic (exact) mass is 416 g/mol. The molecule has 0 unspecified atom stereocenters. The summed E-state index contributed by atoms with van der Waals surface area (Å²) in [6, 6.07) is 9.22. The smallest absolute Gasteiger partial charge is 0.342 e. The molecule has 1 aromatic heterocycles. The van der Waals surface area contributed by atoms with Crippen LogP contribution in [0.2, 0.25) is 0 Å². The van der Waals surface area contributed by atoms with Gasteiger partial charge in [0.25, 0.3) is 0 Å². The Balaban J connectivity index is 1.82. The molecular formula is C20H20N2O6S. The van der Waals surface area contributed by atoms with Gasteiger partial charge in [-0.05, 0) is 30.2 Å². The number of rotatable bonds is 7. The van der Waals surface area contributed by atoms with Crippen molar-refractivity contribution in [3.63, 3.8) is 0 Å². The lowest BCUT2D eigenvalue weighted by atomic mass is 10.1. The summed E-state index contributed by atoms with van der Waals surface area (Å²) in [5.74, 6) is -1.18. The van der Waals surface area contributed by atoms with Crippen LogP contribution < -0.4 is 9.88 Å². The third-order valence-corrected chi connectivity index (χ3v) is 5.45. The Morgan fingerprint density at radius 2 is 1.90 bits per heavy atom. The van der Waals surface area contributed by atoms with Crippen molar-refractivity contribution in [2.75, 3.05) is 13.7 Å². The number of esters is 1. The van der Waals surface area contributed by atoms with Crippen LogP contribution in [0.25, 0.3) is 10.9 Å². The van der Waals surface area contributed by atoms with Crippen LogP contribution in [0, 0.1) is 0 Å². The van der Waals surface area contributed by atoms with Gasteiger partial charge in [0.2, 0.25) is 15.8 Å². The number of nitrogens with two attached hydrogens (primary N) is 1. The number of H-pyrrole nitrogens is 1. The first-order valence-corrected chi connectivity index (χ1v) is 10.3. The maximum absolute atomic E-state index is 12.6. The van der Waals surface area contributed by atoms with Crippen LogP contribution in [0.15, 0.2) is 47.5 Å². The molecular weight excluding hydrogens is 396 g/mol. The quantitative estimate of drug-likeness (QED) is 0.450. The van der Waals surface area contributed by atoms with Gasteiger partial charge >= 0.3 is 5.97 Å². The number of benzene rings is 2. The number of nitrogens with one attached hydrogen (secondary N) is 1. The average Bonchev–Trinajstić information content (AvgIpc) is 3.14. The zero-order chi connectivity index (χ0) is 21.2. The highest BCUT2D eigenvalue weighted by Crippen LogP contribution is 2.24. The van der Waals surface area contributed by atoms with Crippen molar-refractivity contribution in [2.45, 2.75) is 18.2 Å². The van der Waals surface area contributed by atoms with E-state index in [9.17, 15) is 18.0 Å². The number of ether oxygens (including phenoxy) is 2. The van der Waals surface area contributed by atoms with Gasteiger partial charge in [-0.3, -0.25) is 4.79 Å². The van der Waals surface area contributed by atoms with Crippen LogP contribution in [0.5, 0.6) is 5.75 Å². The number of aromatic amines is 1. The van der Waals surface area contributed by atoms with Crippen molar-refractivity contribution in [2.24, 2.45) is 5.14 Å². The first kappa shape index (κ1) is 20.6. The Labute approximate surface area is 167 Å². The largest absolute Gasteiger partial charge is 0.496 e. The van der Waals surface area contributed by atoms with E-state index < -0.39 is 22.6 Å². The number of sulfonamides is 1. The second kappa shape index (κ2) is 8.06. The van der Waals surface area contributed by atoms with Gasteiger partial charge in [-0.25, -0.2) is 18.4 Å². The van der Waals surface area contributed by atoms with Crippen LogP contribution in [-0.2, 0) is 21.2 Å². The van der Waals surface area contributed by atoms with Crippen molar-refractivity contribution in [1.82, 2.24) is 4.98 Å². The van der Waals surface area contributed by atoms with E-state index in [1.54, 1.807) is 6.20 Å². The van der Waals surface area contributed by atoms with Gasteiger partial charge in [-0.1, -0.05) is 25.1 Å². The number of Topliss-reactive ketones (excluding diaryl/α,β-unsaturated/α-hetero) is 1. The second-order valence-electron chi connectivity index (χ2n) is 6.30. The van der Waals surface area contributed by atoms with E-state index in [0.29, 0.717) is 5.56 Å². The first-order valence-electron chi connectivity index (χ1n) is 8.76. The van der Waals surface area contributed by atoms with Gasteiger partial charge in [0.15, 0.2) is 6.61 Å². The SMILES string of the molecule is CCc1cccc2c(C(=O)COC(=O)c3cc(S(N)(=O)=O)ccc3OC)c[nH]c12. The molecule has 3 N–H and O–H groups in total. The summed E-state index contributed by atoms with van der Waals surface area (Å²) in [7, 11) is -2.69. The van der Waals surface area contributed by atoms with Crippen LogP contribution in [0.3, 0.4) is 0 Å². The normalized spacial score (nSPS) is 11.4. The van der Waals surface area contributed by atoms with Crippen molar-refractivity contribution in [3.8, 4) is 5.75 Å². The number of aryl methyl sites for hydroxylation is 1. The summed E-state index contributed by atoms with van der Waals surface area (Å²) in [5.41, 5.74) is 2.21. The molecule has 1 heterocycles. The maximum Gasteiger partial charge on any atom is 0.342 e. The lowest BCUT2D eigenvalue weighted by molar-refractivity contribution is 0.0471. The molecule has 0 saturated heterocycles. The van der Waals surface area contributed by atoms with Gasteiger partial charge in [0.1, 0.15) is 11.3 Å². The number of carbonyl (C=O) groups excluding carboxylic acids is 2. The number of primary sulfonamides is 1. The number of para-hydroxylation sites is 1.